The molecule has 23 heavy (non-hydrogen) atoms. The number of hydrogen-bond acceptors (Lipinski definition) is 2. The lowest BCUT2D eigenvalue weighted by Gasteiger charge is -2.51. The Balaban J connectivity index is 2.52. The monoisotopic (exact) mass is 330 g/mol. The van der Waals surface area contributed by atoms with Crippen LogP contribution in [0.3, 0.4) is 0 Å². The Bertz CT molecular complexity index is 517. The van der Waals surface area contributed by atoms with Crippen LogP contribution in [0, 0.1) is 0 Å². The lowest BCUT2D eigenvalue weighted by atomic mass is 10.0. The van der Waals surface area contributed by atoms with Gasteiger partial charge in [0.15, 0.2) is 0 Å². The summed E-state index contributed by atoms with van der Waals surface area (Å²) in [7, 11) is 0. The largest absolute Gasteiger partial charge is 0.348 e. The number of nitrogens with zero attached hydrogens (tertiary/aromatic N) is 2. The second-order valence-electron chi connectivity index (χ2n) is 5.63. The summed E-state index contributed by atoms with van der Waals surface area (Å²) >= 11 is 6.59. The molecular weight excluding hydrogens is 304 g/mol. The molecule has 0 aliphatic carbocycles. The molecule has 0 aliphatic heterocycles. The van der Waals surface area contributed by atoms with E-state index in [1.165, 1.54) is 11.4 Å². The lowest BCUT2D eigenvalue weighted by molar-refractivity contribution is 0.395. The van der Waals surface area contributed by atoms with Gasteiger partial charge in [-0.1, -0.05) is 43.3 Å². The lowest BCUT2D eigenvalue weighted by Crippen LogP contribution is -2.62. The fraction of sp³-hybridized carbons (Fsp3) is 0.400. The van der Waals surface area contributed by atoms with E-state index >= 15 is 0 Å². The molecular formula is C20H27ClN2. The van der Waals surface area contributed by atoms with Crippen molar-refractivity contribution in [2.45, 2.75) is 32.9 Å². The number of alkyl halides is 1. The van der Waals surface area contributed by atoms with E-state index in [1.54, 1.807) is 0 Å². The molecule has 0 aromatic heterocycles. The van der Waals surface area contributed by atoms with Gasteiger partial charge in [0.2, 0.25) is 0 Å². The zero-order valence-electron chi connectivity index (χ0n) is 14.4. The molecule has 0 saturated carbocycles. The first-order valence-electron chi connectivity index (χ1n) is 8.44. The summed E-state index contributed by atoms with van der Waals surface area (Å²) in [6.07, 6.45) is 0.946. The predicted octanol–water partition coefficient (Wildman–Crippen LogP) is 5.38. The zero-order chi connectivity index (χ0) is 16.7. The molecule has 0 atom stereocenters. The van der Waals surface area contributed by atoms with Crippen LogP contribution in [0.15, 0.2) is 60.7 Å². The van der Waals surface area contributed by atoms with Crippen molar-refractivity contribution in [1.82, 2.24) is 0 Å². The second-order valence-corrected chi connectivity index (χ2v) is 5.90. The first-order valence-corrected chi connectivity index (χ1v) is 8.98. The van der Waals surface area contributed by atoms with Crippen LogP contribution in [0.25, 0.3) is 0 Å². The van der Waals surface area contributed by atoms with Crippen LogP contribution in [0.5, 0.6) is 0 Å². The van der Waals surface area contributed by atoms with Gasteiger partial charge in [-0.05, 0) is 44.5 Å². The van der Waals surface area contributed by atoms with E-state index in [-0.39, 0.29) is 5.66 Å². The molecule has 2 aromatic carbocycles. The van der Waals surface area contributed by atoms with E-state index in [9.17, 15) is 0 Å². The summed E-state index contributed by atoms with van der Waals surface area (Å²) in [4.78, 5) is 4.85. The summed E-state index contributed by atoms with van der Waals surface area (Å²) in [5.41, 5.74) is 2.19. The topological polar surface area (TPSA) is 6.48 Å². The average Bonchev–Trinajstić information content (AvgIpc) is 2.63. The molecule has 0 fully saturated rings. The minimum absolute atomic E-state index is 0.242. The standard InChI is InChI=1S/C20H27ClN2/c1-4-20(17-21,22(5-2)18-13-9-7-10-14-18)23(6-3)19-15-11-8-12-16-19/h7-16H,4-6,17H2,1-3H3. The Kier molecular flexibility index (Phi) is 6.35. The van der Waals surface area contributed by atoms with Crippen molar-refractivity contribution in [3.63, 3.8) is 0 Å². The number of benzene rings is 2. The SMILES string of the molecule is CCN(c1ccccc1)C(CC)(CCl)N(CC)c1ccccc1. The third-order valence-electron chi connectivity index (χ3n) is 4.55. The highest BCUT2D eigenvalue weighted by Crippen LogP contribution is 2.34. The van der Waals surface area contributed by atoms with Crippen LogP contribution in [-0.2, 0) is 0 Å². The zero-order valence-corrected chi connectivity index (χ0v) is 15.1. The van der Waals surface area contributed by atoms with Crippen molar-refractivity contribution in [3.05, 3.63) is 60.7 Å². The summed E-state index contributed by atoms with van der Waals surface area (Å²) in [5.74, 6) is 0.551. The molecule has 0 spiro atoms. The van der Waals surface area contributed by atoms with Crippen molar-refractivity contribution in [3.8, 4) is 0 Å². The van der Waals surface area contributed by atoms with Gasteiger partial charge in [0.05, 0.1) is 5.88 Å². The van der Waals surface area contributed by atoms with Crippen molar-refractivity contribution in [1.29, 1.82) is 0 Å². The number of hydrogen-bond donors (Lipinski definition) is 0. The van der Waals surface area contributed by atoms with E-state index in [0.29, 0.717) is 5.88 Å². The van der Waals surface area contributed by atoms with Crippen LogP contribution >= 0.6 is 11.6 Å². The first-order chi connectivity index (χ1) is 11.2. The van der Waals surface area contributed by atoms with Gasteiger partial charge in [0, 0.05) is 24.5 Å². The molecule has 0 N–H and O–H groups in total. The number of rotatable bonds is 8. The molecule has 0 bridgehead atoms. The average molecular weight is 331 g/mol. The van der Waals surface area contributed by atoms with E-state index in [4.69, 9.17) is 11.6 Å². The van der Waals surface area contributed by atoms with Crippen molar-refractivity contribution < 1.29 is 0 Å². The van der Waals surface area contributed by atoms with Crippen molar-refractivity contribution >= 4 is 23.0 Å². The maximum Gasteiger partial charge on any atom is 0.126 e. The van der Waals surface area contributed by atoms with Crippen LogP contribution in [-0.4, -0.2) is 24.6 Å². The van der Waals surface area contributed by atoms with Crippen LogP contribution in [0.1, 0.15) is 27.2 Å². The highest BCUT2D eigenvalue weighted by molar-refractivity contribution is 6.19. The fourth-order valence-corrected chi connectivity index (χ4v) is 3.89. The molecule has 0 saturated heterocycles. The van der Waals surface area contributed by atoms with Gasteiger partial charge in [0.25, 0.3) is 0 Å². The third kappa shape index (κ3) is 3.48. The van der Waals surface area contributed by atoms with Crippen LogP contribution in [0.4, 0.5) is 11.4 Å². The Morgan fingerprint density at radius 1 is 0.739 bits per heavy atom. The third-order valence-corrected chi connectivity index (χ3v) is 4.98. The maximum absolute atomic E-state index is 6.59. The Morgan fingerprint density at radius 2 is 1.13 bits per heavy atom. The highest BCUT2D eigenvalue weighted by atomic mass is 35.5. The molecule has 3 heteroatoms. The second kappa shape index (κ2) is 8.26. The predicted molar refractivity (Wildman–Crippen MR) is 103 cm³/mol. The smallest absolute Gasteiger partial charge is 0.126 e. The van der Waals surface area contributed by atoms with E-state index in [2.05, 4.69) is 91.2 Å². The molecule has 0 heterocycles. The molecule has 2 nitrogen and oxygen atoms in total. The number of para-hydroxylation sites is 2. The normalized spacial score (nSPS) is 11.3. The summed E-state index contributed by atoms with van der Waals surface area (Å²) in [6.45, 7) is 8.44. The van der Waals surface area contributed by atoms with Gasteiger partial charge >= 0.3 is 0 Å². The van der Waals surface area contributed by atoms with Gasteiger partial charge in [0.1, 0.15) is 5.66 Å². The van der Waals surface area contributed by atoms with Gasteiger partial charge in [-0.3, -0.25) is 0 Å². The summed E-state index contributed by atoms with van der Waals surface area (Å²) in [6, 6.07) is 21.1. The minimum atomic E-state index is -0.242. The minimum Gasteiger partial charge on any atom is -0.348 e. The van der Waals surface area contributed by atoms with Crippen molar-refractivity contribution in [2.75, 3.05) is 28.8 Å². The Labute approximate surface area is 145 Å². The summed E-state index contributed by atoms with van der Waals surface area (Å²) in [5, 5.41) is 0. The van der Waals surface area contributed by atoms with Gasteiger partial charge in [-0.2, -0.15) is 0 Å². The number of anilines is 2. The quantitative estimate of drug-likeness (QED) is 0.473. The molecule has 0 aliphatic rings. The van der Waals surface area contributed by atoms with Crippen LogP contribution < -0.4 is 9.80 Å². The van der Waals surface area contributed by atoms with Crippen molar-refractivity contribution in [2.24, 2.45) is 0 Å². The van der Waals surface area contributed by atoms with Gasteiger partial charge in [-0.25, -0.2) is 0 Å². The van der Waals surface area contributed by atoms with Gasteiger partial charge in [-0.15, -0.1) is 11.6 Å². The molecule has 0 radical (unpaired) electrons. The van der Waals surface area contributed by atoms with Gasteiger partial charge < -0.3 is 9.80 Å². The molecule has 124 valence electrons. The highest BCUT2D eigenvalue weighted by Gasteiger charge is 2.39. The van der Waals surface area contributed by atoms with E-state index in [1.807, 2.05) is 0 Å². The summed E-state index contributed by atoms with van der Waals surface area (Å²) < 4.78 is 0. The Morgan fingerprint density at radius 3 is 1.39 bits per heavy atom. The van der Waals surface area contributed by atoms with Crippen LogP contribution in [0.2, 0.25) is 0 Å². The van der Waals surface area contributed by atoms with E-state index in [0.717, 1.165) is 19.5 Å². The number of halogens is 1. The Hall–Kier alpha value is -1.67. The maximum atomic E-state index is 6.59. The fourth-order valence-electron chi connectivity index (χ4n) is 3.42. The first kappa shape index (κ1) is 17.7. The molecule has 0 unspecified atom stereocenters. The molecule has 2 aromatic rings. The molecule has 2 rings (SSSR count). The van der Waals surface area contributed by atoms with E-state index < -0.39 is 0 Å². The molecule has 0 amide bonds.